The van der Waals surface area contributed by atoms with Gasteiger partial charge in [-0.05, 0) is 42.5 Å². The topological polar surface area (TPSA) is 46.9 Å². The molecule has 3 rings (SSSR count). The molecule has 1 aliphatic carbocycles. The molecule has 1 aromatic carbocycles. The van der Waals surface area contributed by atoms with Crippen LogP contribution in [0, 0.1) is 5.92 Å². The van der Waals surface area contributed by atoms with Crippen molar-refractivity contribution in [2.24, 2.45) is 5.92 Å². The van der Waals surface area contributed by atoms with E-state index >= 15 is 0 Å². The molecule has 1 heterocycles. The molecule has 0 aliphatic heterocycles. The van der Waals surface area contributed by atoms with Crippen LogP contribution >= 0.6 is 11.6 Å². The zero-order valence-corrected chi connectivity index (χ0v) is 13.6. The summed E-state index contributed by atoms with van der Waals surface area (Å²) in [5.41, 5.74) is 1.07. The number of hydrogen-bond donors (Lipinski definition) is 1. The Labute approximate surface area is 141 Å². The highest BCUT2D eigenvalue weighted by atomic mass is 35.5. The molecule has 0 radical (unpaired) electrons. The Balaban J connectivity index is 1.65. The number of rotatable bonds is 6. The minimum atomic E-state index is -0.0367. The van der Waals surface area contributed by atoms with Gasteiger partial charge >= 0.3 is 0 Å². The molecule has 4 nitrogen and oxygen atoms in total. The van der Waals surface area contributed by atoms with Gasteiger partial charge in [-0.15, -0.1) is 0 Å². The van der Waals surface area contributed by atoms with Crippen LogP contribution in [0.4, 0.5) is 0 Å². The van der Waals surface area contributed by atoms with E-state index in [0.29, 0.717) is 23.9 Å². The second-order valence-corrected chi connectivity index (χ2v) is 6.26. The van der Waals surface area contributed by atoms with Gasteiger partial charge in [0.1, 0.15) is 0 Å². The summed E-state index contributed by atoms with van der Waals surface area (Å²) >= 11 is 5.97. The van der Waals surface area contributed by atoms with Crippen molar-refractivity contribution in [1.29, 1.82) is 0 Å². The van der Waals surface area contributed by atoms with Crippen LogP contribution in [0.25, 0.3) is 0 Å². The Bertz CT molecular complexity index is 664. The Morgan fingerprint density at radius 3 is 2.87 bits per heavy atom. The predicted octanol–water partition coefficient (Wildman–Crippen LogP) is 3.60. The van der Waals surface area contributed by atoms with Crippen molar-refractivity contribution < 1.29 is 4.79 Å². The van der Waals surface area contributed by atoms with Crippen LogP contribution < -0.4 is 5.32 Å². The quantitative estimate of drug-likeness (QED) is 0.823. The average molecular weight is 330 g/mol. The summed E-state index contributed by atoms with van der Waals surface area (Å²) in [5, 5.41) is 8.06. The summed E-state index contributed by atoms with van der Waals surface area (Å²) in [5.74, 6) is 0.473. The molecule has 2 atom stereocenters. The molecule has 1 amide bonds. The highest BCUT2D eigenvalue weighted by Crippen LogP contribution is 2.21. The molecule has 1 N–H and O–H groups in total. The van der Waals surface area contributed by atoms with Crippen LogP contribution in [-0.2, 0) is 4.79 Å². The zero-order valence-electron chi connectivity index (χ0n) is 12.9. The van der Waals surface area contributed by atoms with Gasteiger partial charge in [0, 0.05) is 30.4 Å². The van der Waals surface area contributed by atoms with Crippen molar-refractivity contribution >= 4 is 17.5 Å². The summed E-state index contributed by atoms with van der Waals surface area (Å²) in [6.07, 6.45) is 10.7. The fraction of sp³-hybridized carbons (Fsp3) is 0.333. The number of amides is 1. The second kappa shape index (κ2) is 7.47. The number of aromatic nitrogens is 2. The summed E-state index contributed by atoms with van der Waals surface area (Å²) in [7, 11) is 0. The SMILES string of the molecule is O=C(C[C@H]1C=CCC1)NC[C@H](c1ccc(Cl)cc1)n1cccn1. The third kappa shape index (κ3) is 4.23. The summed E-state index contributed by atoms with van der Waals surface area (Å²) < 4.78 is 1.86. The van der Waals surface area contributed by atoms with Crippen molar-refractivity contribution in [3.63, 3.8) is 0 Å². The first kappa shape index (κ1) is 15.8. The van der Waals surface area contributed by atoms with Gasteiger partial charge in [0.2, 0.25) is 5.91 Å². The molecule has 5 heteroatoms. The smallest absolute Gasteiger partial charge is 0.220 e. The van der Waals surface area contributed by atoms with E-state index in [1.54, 1.807) is 6.20 Å². The number of nitrogens with one attached hydrogen (secondary N) is 1. The number of allylic oxidation sites excluding steroid dienone is 2. The van der Waals surface area contributed by atoms with Crippen LogP contribution in [0.2, 0.25) is 5.02 Å². The third-order valence-electron chi connectivity index (χ3n) is 4.15. The second-order valence-electron chi connectivity index (χ2n) is 5.83. The van der Waals surface area contributed by atoms with E-state index in [-0.39, 0.29) is 11.9 Å². The van der Waals surface area contributed by atoms with E-state index in [0.717, 1.165) is 18.4 Å². The number of carbonyl (C=O) groups is 1. The van der Waals surface area contributed by atoms with Crippen LogP contribution in [0.15, 0.2) is 54.9 Å². The number of benzene rings is 1. The Kier molecular flexibility index (Phi) is 5.13. The maximum atomic E-state index is 12.2. The van der Waals surface area contributed by atoms with E-state index < -0.39 is 0 Å². The first-order valence-corrected chi connectivity index (χ1v) is 8.28. The predicted molar refractivity (Wildman–Crippen MR) is 91.3 cm³/mol. The number of hydrogen-bond acceptors (Lipinski definition) is 2. The molecule has 0 unspecified atom stereocenters. The Morgan fingerprint density at radius 2 is 2.22 bits per heavy atom. The normalized spacial score (nSPS) is 18.0. The van der Waals surface area contributed by atoms with E-state index in [1.807, 2.05) is 41.2 Å². The van der Waals surface area contributed by atoms with Gasteiger partial charge in [0.25, 0.3) is 0 Å². The van der Waals surface area contributed by atoms with Crippen LogP contribution in [0.1, 0.15) is 30.9 Å². The number of carbonyl (C=O) groups excluding carboxylic acids is 1. The highest BCUT2D eigenvalue weighted by Gasteiger charge is 2.18. The molecule has 0 spiro atoms. The fourth-order valence-corrected chi connectivity index (χ4v) is 3.03. The fourth-order valence-electron chi connectivity index (χ4n) is 2.90. The van der Waals surface area contributed by atoms with Crippen LogP contribution in [0.3, 0.4) is 0 Å². The molecule has 1 aromatic heterocycles. The van der Waals surface area contributed by atoms with Gasteiger partial charge < -0.3 is 5.32 Å². The summed E-state index contributed by atoms with van der Waals surface area (Å²) in [6, 6.07) is 9.51. The molecular formula is C18H20ClN3O. The van der Waals surface area contributed by atoms with Gasteiger partial charge in [-0.25, -0.2) is 0 Å². The molecule has 1 aliphatic rings. The first-order valence-electron chi connectivity index (χ1n) is 7.90. The average Bonchev–Trinajstić information content (AvgIpc) is 3.23. The van der Waals surface area contributed by atoms with E-state index in [1.165, 1.54) is 0 Å². The lowest BCUT2D eigenvalue weighted by Crippen LogP contribution is -2.32. The van der Waals surface area contributed by atoms with Crippen molar-refractivity contribution in [1.82, 2.24) is 15.1 Å². The number of nitrogens with zero attached hydrogens (tertiary/aromatic N) is 2. The molecule has 23 heavy (non-hydrogen) atoms. The van der Waals surface area contributed by atoms with Crippen molar-refractivity contribution in [3.8, 4) is 0 Å². The monoisotopic (exact) mass is 329 g/mol. The van der Waals surface area contributed by atoms with Crippen molar-refractivity contribution in [2.75, 3.05) is 6.54 Å². The molecule has 0 fully saturated rings. The van der Waals surface area contributed by atoms with Crippen molar-refractivity contribution in [3.05, 3.63) is 65.5 Å². The Morgan fingerprint density at radius 1 is 1.39 bits per heavy atom. The minimum absolute atomic E-state index is 0.0367. The third-order valence-corrected chi connectivity index (χ3v) is 4.40. The summed E-state index contributed by atoms with van der Waals surface area (Å²) in [4.78, 5) is 12.2. The van der Waals surface area contributed by atoms with E-state index in [2.05, 4.69) is 22.6 Å². The molecule has 120 valence electrons. The lowest BCUT2D eigenvalue weighted by molar-refractivity contribution is -0.121. The van der Waals surface area contributed by atoms with Gasteiger partial charge in [0.05, 0.1) is 6.04 Å². The molecular weight excluding hydrogens is 310 g/mol. The van der Waals surface area contributed by atoms with Crippen LogP contribution in [0.5, 0.6) is 0 Å². The van der Waals surface area contributed by atoms with Crippen molar-refractivity contribution in [2.45, 2.75) is 25.3 Å². The van der Waals surface area contributed by atoms with Crippen LogP contribution in [-0.4, -0.2) is 22.2 Å². The van der Waals surface area contributed by atoms with E-state index in [9.17, 15) is 4.79 Å². The van der Waals surface area contributed by atoms with Gasteiger partial charge in [-0.3, -0.25) is 9.48 Å². The molecule has 0 saturated heterocycles. The lowest BCUT2D eigenvalue weighted by Gasteiger charge is -2.19. The highest BCUT2D eigenvalue weighted by molar-refractivity contribution is 6.30. The minimum Gasteiger partial charge on any atom is -0.354 e. The first-order chi connectivity index (χ1) is 11.2. The van der Waals surface area contributed by atoms with Gasteiger partial charge in [-0.1, -0.05) is 35.9 Å². The maximum absolute atomic E-state index is 12.2. The Hall–Kier alpha value is -2.07. The molecule has 0 saturated carbocycles. The van der Waals surface area contributed by atoms with Gasteiger partial charge in [-0.2, -0.15) is 5.10 Å². The summed E-state index contributed by atoms with van der Waals surface area (Å²) in [6.45, 7) is 0.512. The standard InChI is InChI=1S/C18H20ClN3O/c19-16-8-6-15(7-9-16)17(22-11-3-10-21-22)13-20-18(23)12-14-4-1-2-5-14/h1,3-4,6-11,14,17H,2,5,12-13H2,(H,20,23)/t14-,17+/m0/s1. The number of halogens is 1. The largest absolute Gasteiger partial charge is 0.354 e. The zero-order chi connectivity index (χ0) is 16.1. The van der Waals surface area contributed by atoms with E-state index in [4.69, 9.17) is 11.6 Å². The lowest BCUT2D eigenvalue weighted by atomic mass is 10.0. The molecule has 0 bridgehead atoms. The molecule has 2 aromatic rings. The van der Waals surface area contributed by atoms with Gasteiger partial charge in [0.15, 0.2) is 0 Å². The maximum Gasteiger partial charge on any atom is 0.220 e.